The van der Waals surface area contributed by atoms with Crippen LogP contribution in [0.15, 0.2) is 42.6 Å². The molecule has 0 amide bonds. The predicted octanol–water partition coefficient (Wildman–Crippen LogP) is 6.65. The summed E-state index contributed by atoms with van der Waals surface area (Å²) in [5.41, 5.74) is 2.54. The Morgan fingerprint density at radius 1 is 1.21 bits per heavy atom. The number of aryl methyl sites for hydroxylation is 1. The standard InChI is InChI=1S/C24H25ClFNO2/c1-16(28)8-10-27-11-9-19-13-20(14-22(25)24(19)27)29-15-17-6-7-21(23(26)12-17)18-4-2-3-5-18/h6-7,9,11-14,18H,2-5,8,10,15H2,1H3. The summed E-state index contributed by atoms with van der Waals surface area (Å²) in [5.74, 6) is 1.02. The van der Waals surface area contributed by atoms with Gasteiger partial charge in [0, 0.05) is 30.6 Å². The highest BCUT2D eigenvalue weighted by molar-refractivity contribution is 6.35. The molecule has 3 aromatic rings. The number of halogens is 2. The molecule has 152 valence electrons. The van der Waals surface area contributed by atoms with E-state index in [1.165, 1.54) is 12.8 Å². The minimum atomic E-state index is -0.131. The number of ether oxygens (including phenoxy) is 1. The van der Waals surface area contributed by atoms with Gasteiger partial charge in [0.1, 0.15) is 24.0 Å². The van der Waals surface area contributed by atoms with Gasteiger partial charge in [0.15, 0.2) is 0 Å². The Kier molecular flexibility index (Phi) is 5.91. The lowest BCUT2D eigenvalue weighted by Gasteiger charge is -2.13. The van der Waals surface area contributed by atoms with Crippen LogP contribution < -0.4 is 4.74 Å². The van der Waals surface area contributed by atoms with Crippen molar-refractivity contribution in [2.24, 2.45) is 0 Å². The van der Waals surface area contributed by atoms with Gasteiger partial charge in [0.05, 0.1) is 10.5 Å². The number of carbonyl (C=O) groups excluding carboxylic acids is 1. The van der Waals surface area contributed by atoms with Crippen molar-refractivity contribution < 1.29 is 13.9 Å². The Bertz CT molecular complexity index is 1040. The molecular formula is C24H25ClFNO2. The molecule has 29 heavy (non-hydrogen) atoms. The van der Waals surface area contributed by atoms with Crippen molar-refractivity contribution in [1.29, 1.82) is 0 Å². The number of hydrogen-bond donors (Lipinski definition) is 0. The lowest BCUT2D eigenvalue weighted by atomic mass is 9.96. The molecule has 1 aromatic heterocycles. The smallest absolute Gasteiger partial charge is 0.131 e. The van der Waals surface area contributed by atoms with Crippen molar-refractivity contribution in [2.75, 3.05) is 0 Å². The van der Waals surface area contributed by atoms with E-state index < -0.39 is 0 Å². The topological polar surface area (TPSA) is 31.2 Å². The highest BCUT2D eigenvalue weighted by atomic mass is 35.5. The predicted molar refractivity (Wildman–Crippen MR) is 114 cm³/mol. The monoisotopic (exact) mass is 413 g/mol. The fourth-order valence-corrected chi connectivity index (χ4v) is 4.54. The van der Waals surface area contributed by atoms with Crippen LogP contribution in [0, 0.1) is 5.82 Å². The van der Waals surface area contributed by atoms with E-state index in [1.807, 2.05) is 35.0 Å². The third-order valence-corrected chi connectivity index (χ3v) is 6.05. The highest BCUT2D eigenvalue weighted by Crippen LogP contribution is 2.36. The molecule has 0 N–H and O–H groups in total. The summed E-state index contributed by atoms with van der Waals surface area (Å²) in [6, 6.07) is 11.1. The van der Waals surface area contributed by atoms with E-state index in [4.69, 9.17) is 16.3 Å². The fraction of sp³-hybridized carbons (Fsp3) is 0.375. The van der Waals surface area contributed by atoms with Gasteiger partial charge in [-0.3, -0.25) is 4.79 Å². The van der Waals surface area contributed by atoms with Gasteiger partial charge in [0.25, 0.3) is 0 Å². The van der Waals surface area contributed by atoms with E-state index in [0.29, 0.717) is 29.7 Å². The molecule has 2 aromatic carbocycles. The molecule has 0 spiro atoms. The lowest BCUT2D eigenvalue weighted by Crippen LogP contribution is -2.02. The van der Waals surface area contributed by atoms with E-state index in [9.17, 15) is 9.18 Å². The van der Waals surface area contributed by atoms with E-state index in [0.717, 1.165) is 34.9 Å². The van der Waals surface area contributed by atoms with Crippen molar-refractivity contribution in [2.45, 2.75) is 58.1 Å². The second-order valence-corrected chi connectivity index (χ2v) is 8.34. The van der Waals surface area contributed by atoms with Crippen LogP contribution >= 0.6 is 11.6 Å². The molecule has 1 saturated carbocycles. The van der Waals surface area contributed by atoms with Gasteiger partial charge < -0.3 is 9.30 Å². The Morgan fingerprint density at radius 3 is 2.72 bits per heavy atom. The van der Waals surface area contributed by atoms with E-state index in [-0.39, 0.29) is 18.2 Å². The number of benzene rings is 2. The Balaban J connectivity index is 1.47. The molecule has 1 heterocycles. The first-order valence-electron chi connectivity index (χ1n) is 10.2. The van der Waals surface area contributed by atoms with E-state index >= 15 is 0 Å². The summed E-state index contributed by atoms with van der Waals surface area (Å²) in [7, 11) is 0. The van der Waals surface area contributed by atoms with Crippen LogP contribution in [0.5, 0.6) is 5.75 Å². The van der Waals surface area contributed by atoms with E-state index in [2.05, 4.69) is 0 Å². The Labute approximate surface area is 175 Å². The fourth-order valence-electron chi connectivity index (χ4n) is 4.21. The molecule has 0 aliphatic heterocycles. The van der Waals surface area contributed by atoms with Crippen LogP contribution in [0.3, 0.4) is 0 Å². The first kappa shape index (κ1) is 20.0. The minimum Gasteiger partial charge on any atom is -0.489 e. The molecule has 1 aliphatic rings. The van der Waals surface area contributed by atoms with Crippen LogP contribution in [0.25, 0.3) is 10.9 Å². The quantitative estimate of drug-likeness (QED) is 0.434. The van der Waals surface area contributed by atoms with Gasteiger partial charge in [0.2, 0.25) is 0 Å². The summed E-state index contributed by atoms with van der Waals surface area (Å²) in [4.78, 5) is 11.3. The van der Waals surface area contributed by atoms with Gasteiger partial charge in [-0.1, -0.05) is 36.6 Å². The van der Waals surface area contributed by atoms with Crippen molar-refractivity contribution in [3.8, 4) is 5.75 Å². The molecule has 3 nitrogen and oxygen atoms in total. The Hall–Kier alpha value is -2.33. The Morgan fingerprint density at radius 2 is 2.00 bits per heavy atom. The van der Waals surface area contributed by atoms with Gasteiger partial charge in [-0.25, -0.2) is 4.39 Å². The van der Waals surface area contributed by atoms with Gasteiger partial charge in [-0.2, -0.15) is 0 Å². The maximum atomic E-state index is 14.5. The first-order chi connectivity index (χ1) is 14.0. The van der Waals surface area contributed by atoms with Gasteiger partial charge >= 0.3 is 0 Å². The molecule has 1 aliphatic carbocycles. The first-order valence-corrected chi connectivity index (χ1v) is 10.6. The van der Waals surface area contributed by atoms with Crippen LogP contribution in [-0.2, 0) is 17.9 Å². The molecule has 0 saturated heterocycles. The summed E-state index contributed by atoms with van der Waals surface area (Å²) in [6.07, 6.45) is 6.94. The summed E-state index contributed by atoms with van der Waals surface area (Å²) < 4.78 is 22.4. The number of Topliss-reactive ketones (excluding diaryl/α,β-unsaturated/α-hetero) is 1. The van der Waals surface area contributed by atoms with Crippen molar-refractivity contribution in [1.82, 2.24) is 4.57 Å². The summed E-state index contributed by atoms with van der Waals surface area (Å²) >= 11 is 6.48. The zero-order valence-corrected chi connectivity index (χ0v) is 17.3. The SMILES string of the molecule is CC(=O)CCn1ccc2cc(OCc3ccc(C4CCCC4)c(F)c3)cc(Cl)c21. The molecule has 0 radical (unpaired) electrons. The van der Waals surface area contributed by atoms with Crippen LogP contribution in [0.4, 0.5) is 4.39 Å². The largest absolute Gasteiger partial charge is 0.489 e. The molecule has 4 rings (SSSR count). The van der Waals surface area contributed by atoms with Crippen LogP contribution in [0.1, 0.15) is 56.1 Å². The number of hydrogen-bond acceptors (Lipinski definition) is 2. The third kappa shape index (κ3) is 4.48. The zero-order valence-electron chi connectivity index (χ0n) is 16.6. The highest BCUT2D eigenvalue weighted by Gasteiger charge is 2.20. The molecule has 0 unspecified atom stereocenters. The second kappa shape index (κ2) is 8.58. The van der Waals surface area contributed by atoms with E-state index in [1.54, 1.807) is 19.1 Å². The lowest BCUT2D eigenvalue weighted by molar-refractivity contribution is -0.117. The summed E-state index contributed by atoms with van der Waals surface area (Å²) in [6.45, 7) is 2.47. The number of nitrogens with zero attached hydrogens (tertiary/aromatic N) is 1. The normalized spacial score (nSPS) is 14.6. The zero-order chi connectivity index (χ0) is 20.4. The number of carbonyl (C=O) groups is 1. The number of rotatable bonds is 7. The third-order valence-electron chi connectivity index (χ3n) is 5.76. The van der Waals surface area contributed by atoms with Gasteiger partial charge in [-0.05, 0) is 55.0 Å². The number of fused-ring (bicyclic) bond motifs is 1. The molecule has 0 atom stereocenters. The average molecular weight is 414 g/mol. The maximum Gasteiger partial charge on any atom is 0.131 e. The molecule has 1 fully saturated rings. The number of aromatic nitrogens is 1. The van der Waals surface area contributed by atoms with Crippen molar-refractivity contribution >= 4 is 28.3 Å². The molecule has 0 bridgehead atoms. The van der Waals surface area contributed by atoms with Crippen LogP contribution in [0.2, 0.25) is 5.02 Å². The number of ketones is 1. The maximum absolute atomic E-state index is 14.5. The van der Waals surface area contributed by atoms with Gasteiger partial charge in [-0.15, -0.1) is 0 Å². The molecule has 5 heteroatoms. The summed E-state index contributed by atoms with van der Waals surface area (Å²) in [5, 5.41) is 1.53. The van der Waals surface area contributed by atoms with Crippen LogP contribution in [-0.4, -0.2) is 10.4 Å². The van der Waals surface area contributed by atoms with Crippen molar-refractivity contribution in [3.63, 3.8) is 0 Å². The van der Waals surface area contributed by atoms with Crippen molar-refractivity contribution in [3.05, 3.63) is 64.6 Å². The molecular weight excluding hydrogens is 389 g/mol. The minimum absolute atomic E-state index is 0.131. The average Bonchev–Trinajstić information content (AvgIpc) is 3.35. The second-order valence-electron chi connectivity index (χ2n) is 7.93.